The second-order valence-corrected chi connectivity index (χ2v) is 6.84. The molecule has 5 heteroatoms. The number of rotatable bonds is 6. The molecule has 23 heavy (non-hydrogen) atoms. The first-order valence-corrected chi connectivity index (χ1v) is 8.42. The highest BCUT2D eigenvalue weighted by atomic mass is 19.1. The maximum atomic E-state index is 13.2. The third-order valence-corrected chi connectivity index (χ3v) is 4.38. The molecule has 1 N–H and O–H groups in total. The Balaban J connectivity index is 1.93. The highest BCUT2D eigenvalue weighted by molar-refractivity contribution is 5.94. The molecule has 4 nitrogen and oxygen atoms in total. The minimum Gasteiger partial charge on any atom is -0.350 e. The lowest BCUT2D eigenvalue weighted by molar-refractivity contribution is 0.0850. The molecule has 1 unspecified atom stereocenters. The minimum atomic E-state index is -0.379. The van der Waals surface area contributed by atoms with Crippen LogP contribution in [-0.2, 0) is 0 Å². The minimum absolute atomic E-state index is 0.201. The van der Waals surface area contributed by atoms with E-state index in [1.807, 2.05) is 0 Å². The summed E-state index contributed by atoms with van der Waals surface area (Å²) in [6.07, 6.45) is 1.05. The van der Waals surface area contributed by atoms with Gasteiger partial charge in [-0.3, -0.25) is 9.69 Å². The Kier molecular flexibility index (Phi) is 6.54. The van der Waals surface area contributed by atoms with Gasteiger partial charge >= 0.3 is 0 Å². The lowest BCUT2D eigenvalue weighted by atomic mass is 10.0. The molecule has 0 bridgehead atoms. The zero-order chi connectivity index (χ0) is 16.8. The number of hydrogen-bond donors (Lipinski definition) is 1. The molecular weight excluding hydrogens is 293 g/mol. The second kappa shape index (κ2) is 8.41. The van der Waals surface area contributed by atoms with Gasteiger partial charge in [-0.1, -0.05) is 19.9 Å². The second-order valence-electron chi connectivity index (χ2n) is 6.84. The van der Waals surface area contributed by atoms with Gasteiger partial charge in [-0.15, -0.1) is 0 Å². The third kappa shape index (κ3) is 5.59. The lowest BCUT2D eigenvalue weighted by Gasteiger charge is -2.38. The first kappa shape index (κ1) is 17.9. The zero-order valence-corrected chi connectivity index (χ0v) is 14.4. The van der Waals surface area contributed by atoms with E-state index in [2.05, 4.69) is 36.0 Å². The molecule has 1 aliphatic rings. The smallest absolute Gasteiger partial charge is 0.251 e. The van der Waals surface area contributed by atoms with Crippen LogP contribution in [0.2, 0.25) is 0 Å². The van der Waals surface area contributed by atoms with Crippen LogP contribution in [0.25, 0.3) is 0 Å². The lowest BCUT2D eigenvalue weighted by Crippen LogP contribution is -2.52. The number of benzene rings is 1. The molecule has 1 aromatic rings. The Morgan fingerprint density at radius 2 is 1.96 bits per heavy atom. The fourth-order valence-electron chi connectivity index (χ4n) is 3.04. The van der Waals surface area contributed by atoms with Crippen LogP contribution in [0, 0.1) is 11.7 Å². The Labute approximate surface area is 138 Å². The van der Waals surface area contributed by atoms with Crippen LogP contribution in [0.3, 0.4) is 0 Å². The number of carbonyl (C=O) groups is 1. The van der Waals surface area contributed by atoms with Crippen LogP contribution in [-0.4, -0.2) is 61.5 Å². The van der Waals surface area contributed by atoms with Gasteiger partial charge in [0.25, 0.3) is 5.91 Å². The van der Waals surface area contributed by atoms with Gasteiger partial charge in [0.2, 0.25) is 0 Å². The number of nitrogens with one attached hydrogen (secondary N) is 1. The molecule has 1 heterocycles. The summed E-state index contributed by atoms with van der Waals surface area (Å²) in [5, 5.41) is 2.98. The normalized spacial score (nSPS) is 18.1. The predicted molar refractivity (Wildman–Crippen MR) is 91.0 cm³/mol. The molecule has 2 rings (SSSR count). The summed E-state index contributed by atoms with van der Waals surface area (Å²) in [6.45, 7) is 9.21. The van der Waals surface area contributed by atoms with Gasteiger partial charge in [0.15, 0.2) is 0 Å². The molecule has 0 saturated carbocycles. The molecule has 0 radical (unpaired) electrons. The molecule has 1 fully saturated rings. The van der Waals surface area contributed by atoms with Gasteiger partial charge in [0, 0.05) is 44.3 Å². The van der Waals surface area contributed by atoms with Crippen molar-refractivity contribution in [3.8, 4) is 0 Å². The standard InChI is InChI=1S/C18H28FN3O/c1-14(2)11-17(22-9-7-21(3)8-10-22)13-20-18(23)15-5-4-6-16(19)12-15/h4-6,12,14,17H,7-11,13H2,1-3H3,(H,20,23). The van der Waals surface area contributed by atoms with E-state index in [4.69, 9.17) is 0 Å². The van der Waals surface area contributed by atoms with E-state index in [-0.39, 0.29) is 11.7 Å². The zero-order valence-electron chi connectivity index (χ0n) is 14.4. The van der Waals surface area contributed by atoms with Crippen molar-refractivity contribution in [3.63, 3.8) is 0 Å². The maximum Gasteiger partial charge on any atom is 0.251 e. The van der Waals surface area contributed by atoms with Crippen LogP contribution < -0.4 is 5.32 Å². The first-order chi connectivity index (χ1) is 11.0. The van der Waals surface area contributed by atoms with Crippen molar-refractivity contribution in [2.75, 3.05) is 39.8 Å². The molecule has 0 spiro atoms. The van der Waals surface area contributed by atoms with Crippen LogP contribution in [0.4, 0.5) is 4.39 Å². The van der Waals surface area contributed by atoms with E-state index in [0.717, 1.165) is 32.6 Å². The Morgan fingerprint density at radius 1 is 1.26 bits per heavy atom. The van der Waals surface area contributed by atoms with Gasteiger partial charge in [-0.25, -0.2) is 4.39 Å². The molecule has 128 valence electrons. The van der Waals surface area contributed by atoms with Gasteiger partial charge < -0.3 is 10.2 Å². The van der Waals surface area contributed by atoms with Crippen LogP contribution in [0.15, 0.2) is 24.3 Å². The van der Waals surface area contributed by atoms with Gasteiger partial charge in [-0.05, 0) is 37.6 Å². The number of carbonyl (C=O) groups excluding carboxylic acids is 1. The molecular formula is C18H28FN3O. The molecule has 1 atom stereocenters. The van der Waals surface area contributed by atoms with Crippen molar-refractivity contribution >= 4 is 5.91 Å². The maximum absolute atomic E-state index is 13.2. The Bertz CT molecular complexity index is 513. The fraction of sp³-hybridized carbons (Fsp3) is 0.611. The largest absolute Gasteiger partial charge is 0.350 e. The van der Waals surface area contributed by atoms with Crippen molar-refractivity contribution in [1.82, 2.24) is 15.1 Å². The number of nitrogens with zero attached hydrogens (tertiary/aromatic N) is 2. The number of piperazine rings is 1. The van der Waals surface area contributed by atoms with E-state index >= 15 is 0 Å². The Hall–Kier alpha value is -1.46. The molecule has 1 aromatic carbocycles. The highest BCUT2D eigenvalue weighted by Gasteiger charge is 2.23. The summed E-state index contributed by atoms with van der Waals surface area (Å²) in [4.78, 5) is 17.0. The average molecular weight is 321 g/mol. The van der Waals surface area contributed by atoms with Crippen molar-refractivity contribution in [1.29, 1.82) is 0 Å². The summed E-state index contributed by atoms with van der Waals surface area (Å²) < 4.78 is 13.2. The van der Waals surface area contributed by atoms with Gasteiger partial charge in [0.05, 0.1) is 0 Å². The van der Waals surface area contributed by atoms with Crippen LogP contribution >= 0.6 is 0 Å². The number of halogens is 1. The van der Waals surface area contributed by atoms with E-state index in [9.17, 15) is 9.18 Å². The molecule has 1 saturated heterocycles. The van der Waals surface area contributed by atoms with Crippen LogP contribution in [0.1, 0.15) is 30.6 Å². The quantitative estimate of drug-likeness (QED) is 0.873. The summed E-state index contributed by atoms with van der Waals surface area (Å²) >= 11 is 0. The Morgan fingerprint density at radius 3 is 2.57 bits per heavy atom. The highest BCUT2D eigenvalue weighted by Crippen LogP contribution is 2.14. The van der Waals surface area contributed by atoms with Crippen molar-refractivity contribution < 1.29 is 9.18 Å². The number of hydrogen-bond acceptors (Lipinski definition) is 3. The van der Waals surface area contributed by atoms with E-state index in [1.54, 1.807) is 12.1 Å². The summed E-state index contributed by atoms with van der Waals surface area (Å²) in [5.41, 5.74) is 0.381. The molecule has 0 aromatic heterocycles. The van der Waals surface area contributed by atoms with Crippen LogP contribution in [0.5, 0.6) is 0 Å². The summed E-state index contributed by atoms with van der Waals surface area (Å²) in [7, 11) is 2.14. The van der Waals surface area contributed by atoms with E-state index in [1.165, 1.54) is 12.1 Å². The summed E-state index contributed by atoms with van der Waals surface area (Å²) in [6, 6.07) is 6.17. The third-order valence-electron chi connectivity index (χ3n) is 4.38. The van der Waals surface area contributed by atoms with E-state index < -0.39 is 0 Å². The van der Waals surface area contributed by atoms with Gasteiger partial charge in [0.1, 0.15) is 5.82 Å². The fourth-order valence-corrected chi connectivity index (χ4v) is 3.04. The SMILES string of the molecule is CC(C)CC(CNC(=O)c1cccc(F)c1)N1CCN(C)CC1. The topological polar surface area (TPSA) is 35.6 Å². The number of likely N-dealkylation sites (N-methyl/N-ethyl adjacent to an activating group) is 1. The predicted octanol–water partition coefficient (Wildman–Crippen LogP) is 2.22. The van der Waals surface area contributed by atoms with Crippen molar-refractivity contribution in [2.45, 2.75) is 26.3 Å². The summed E-state index contributed by atoms with van der Waals surface area (Å²) in [5.74, 6) is -0.00596. The molecule has 1 amide bonds. The molecule has 0 aliphatic carbocycles. The van der Waals surface area contributed by atoms with Crippen molar-refractivity contribution in [3.05, 3.63) is 35.6 Å². The van der Waals surface area contributed by atoms with Crippen molar-refractivity contribution in [2.24, 2.45) is 5.92 Å². The average Bonchev–Trinajstić information content (AvgIpc) is 2.51. The molecule has 1 aliphatic heterocycles. The monoisotopic (exact) mass is 321 g/mol. The first-order valence-electron chi connectivity index (χ1n) is 8.42. The number of amides is 1. The van der Waals surface area contributed by atoms with E-state index in [0.29, 0.717) is 24.1 Å². The van der Waals surface area contributed by atoms with Gasteiger partial charge in [-0.2, -0.15) is 0 Å².